The van der Waals surface area contributed by atoms with Crippen molar-refractivity contribution in [1.29, 1.82) is 0 Å². The van der Waals surface area contributed by atoms with Crippen LogP contribution in [0.15, 0.2) is 12.1 Å². The number of carboxylic acids is 1. The van der Waals surface area contributed by atoms with Crippen LogP contribution in [0.25, 0.3) is 0 Å². The monoisotopic (exact) mass is 221 g/mol. The van der Waals surface area contributed by atoms with Gasteiger partial charge in [-0.2, -0.15) is 0 Å². The van der Waals surface area contributed by atoms with Crippen LogP contribution in [0.4, 0.5) is 0 Å². The molecule has 4 heteroatoms. The Kier molecular flexibility index (Phi) is 3.08. The predicted octanol–water partition coefficient (Wildman–Crippen LogP) is 1.67. The Balaban J connectivity index is 2.14. The Bertz CT molecular complexity index is 403. The third-order valence-electron chi connectivity index (χ3n) is 3.02. The van der Waals surface area contributed by atoms with E-state index < -0.39 is 5.97 Å². The van der Waals surface area contributed by atoms with E-state index in [1.807, 2.05) is 12.1 Å². The molecule has 0 radical (unpaired) electrons. The van der Waals surface area contributed by atoms with Crippen molar-refractivity contribution in [2.45, 2.75) is 25.7 Å². The summed E-state index contributed by atoms with van der Waals surface area (Å²) in [5, 5.41) is 8.77. The number of aliphatic carboxylic acids is 1. The van der Waals surface area contributed by atoms with Gasteiger partial charge in [0.1, 0.15) is 0 Å². The van der Waals surface area contributed by atoms with Gasteiger partial charge in [0.15, 0.2) is 0 Å². The number of aryl methyl sites for hydroxylation is 1. The topological polar surface area (TPSA) is 59.4 Å². The standard InChI is InChI=1S/C12H15NO3/c1-16-11-5-4-9-3-2-8(7-12(14)15)6-10(9)13-11/h4-5,8H,2-3,6-7H2,1H3,(H,14,15). The Morgan fingerprint density at radius 2 is 2.44 bits per heavy atom. The fourth-order valence-electron chi connectivity index (χ4n) is 2.18. The molecule has 16 heavy (non-hydrogen) atoms. The molecule has 0 aliphatic heterocycles. The van der Waals surface area contributed by atoms with E-state index in [1.165, 1.54) is 5.56 Å². The number of methoxy groups -OCH3 is 1. The Morgan fingerprint density at radius 1 is 1.62 bits per heavy atom. The van der Waals surface area contributed by atoms with Gasteiger partial charge in [-0.1, -0.05) is 6.07 Å². The van der Waals surface area contributed by atoms with Crippen LogP contribution in [0.2, 0.25) is 0 Å². The first-order valence-electron chi connectivity index (χ1n) is 5.43. The molecule has 1 unspecified atom stereocenters. The highest BCUT2D eigenvalue weighted by molar-refractivity contribution is 5.67. The minimum Gasteiger partial charge on any atom is -0.481 e. The summed E-state index contributed by atoms with van der Waals surface area (Å²) in [5.41, 5.74) is 2.22. The van der Waals surface area contributed by atoms with Crippen molar-refractivity contribution < 1.29 is 14.6 Å². The van der Waals surface area contributed by atoms with Gasteiger partial charge in [0, 0.05) is 18.2 Å². The van der Waals surface area contributed by atoms with Gasteiger partial charge in [0.05, 0.1) is 7.11 Å². The summed E-state index contributed by atoms with van der Waals surface area (Å²) in [6.45, 7) is 0. The maximum absolute atomic E-state index is 10.7. The van der Waals surface area contributed by atoms with Crippen LogP contribution in [0.5, 0.6) is 5.88 Å². The van der Waals surface area contributed by atoms with Crippen molar-refractivity contribution in [3.8, 4) is 5.88 Å². The van der Waals surface area contributed by atoms with Gasteiger partial charge in [0.2, 0.25) is 5.88 Å². The number of carbonyl (C=O) groups is 1. The zero-order chi connectivity index (χ0) is 11.5. The lowest BCUT2D eigenvalue weighted by molar-refractivity contribution is -0.138. The minimum absolute atomic E-state index is 0.213. The molecule has 0 spiro atoms. The molecule has 1 atom stereocenters. The second kappa shape index (κ2) is 4.51. The molecule has 4 nitrogen and oxygen atoms in total. The molecule has 0 aromatic carbocycles. The van der Waals surface area contributed by atoms with Crippen LogP contribution in [-0.2, 0) is 17.6 Å². The Hall–Kier alpha value is -1.58. The van der Waals surface area contributed by atoms with Crippen LogP contribution in [-0.4, -0.2) is 23.2 Å². The van der Waals surface area contributed by atoms with Crippen LogP contribution in [0.3, 0.4) is 0 Å². The zero-order valence-corrected chi connectivity index (χ0v) is 9.27. The molecule has 0 bridgehead atoms. The summed E-state index contributed by atoms with van der Waals surface area (Å²) in [7, 11) is 1.59. The summed E-state index contributed by atoms with van der Waals surface area (Å²) in [6, 6.07) is 3.88. The summed E-state index contributed by atoms with van der Waals surface area (Å²) >= 11 is 0. The minimum atomic E-state index is -0.726. The number of nitrogens with zero attached hydrogens (tertiary/aromatic N) is 1. The second-order valence-corrected chi connectivity index (χ2v) is 4.17. The van der Waals surface area contributed by atoms with E-state index in [0.29, 0.717) is 5.88 Å². The first-order chi connectivity index (χ1) is 7.69. The van der Waals surface area contributed by atoms with Gasteiger partial charge >= 0.3 is 5.97 Å². The number of pyridine rings is 1. The third kappa shape index (κ3) is 2.32. The first kappa shape index (κ1) is 10.9. The van der Waals surface area contributed by atoms with E-state index >= 15 is 0 Å². The smallest absolute Gasteiger partial charge is 0.303 e. The molecule has 0 fully saturated rings. The summed E-state index contributed by atoms with van der Waals surface area (Å²) in [5.74, 6) is 0.0932. The van der Waals surface area contributed by atoms with E-state index in [4.69, 9.17) is 9.84 Å². The SMILES string of the molecule is COc1ccc2c(n1)CC(CC(=O)O)CC2. The summed E-state index contributed by atoms with van der Waals surface area (Å²) in [4.78, 5) is 15.0. The number of aromatic nitrogens is 1. The lowest BCUT2D eigenvalue weighted by Gasteiger charge is -2.22. The highest BCUT2D eigenvalue weighted by Crippen LogP contribution is 2.27. The largest absolute Gasteiger partial charge is 0.481 e. The van der Waals surface area contributed by atoms with Crippen molar-refractivity contribution in [3.05, 3.63) is 23.4 Å². The Morgan fingerprint density at radius 3 is 3.12 bits per heavy atom. The van der Waals surface area contributed by atoms with Gasteiger partial charge < -0.3 is 9.84 Å². The molecular formula is C12H15NO3. The number of hydrogen-bond donors (Lipinski definition) is 1. The quantitative estimate of drug-likeness (QED) is 0.843. The number of carboxylic acid groups (broad SMARTS) is 1. The number of rotatable bonds is 3. The first-order valence-corrected chi connectivity index (χ1v) is 5.43. The fraction of sp³-hybridized carbons (Fsp3) is 0.500. The molecule has 1 N–H and O–H groups in total. The molecule has 1 aliphatic rings. The lowest BCUT2D eigenvalue weighted by Crippen LogP contribution is -2.18. The normalized spacial score (nSPS) is 18.9. The predicted molar refractivity (Wildman–Crippen MR) is 58.6 cm³/mol. The van der Waals surface area contributed by atoms with Crippen LogP contribution >= 0.6 is 0 Å². The highest BCUT2D eigenvalue weighted by atomic mass is 16.5. The number of hydrogen-bond acceptors (Lipinski definition) is 3. The van der Waals surface area contributed by atoms with E-state index in [2.05, 4.69) is 4.98 Å². The van der Waals surface area contributed by atoms with E-state index in [-0.39, 0.29) is 12.3 Å². The average molecular weight is 221 g/mol. The van der Waals surface area contributed by atoms with Crippen LogP contribution in [0.1, 0.15) is 24.1 Å². The molecule has 0 saturated heterocycles. The van der Waals surface area contributed by atoms with Crippen molar-refractivity contribution in [1.82, 2.24) is 4.98 Å². The van der Waals surface area contributed by atoms with Gasteiger partial charge in [-0.15, -0.1) is 0 Å². The number of ether oxygens (including phenoxy) is 1. The van der Waals surface area contributed by atoms with Crippen molar-refractivity contribution in [2.75, 3.05) is 7.11 Å². The molecule has 1 aromatic heterocycles. The second-order valence-electron chi connectivity index (χ2n) is 4.17. The number of fused-ring (bicyclic) bond motifs is 1. The summed E-state index contributed by atoms with van der Waals surface area (Å²) < 4.78 is 5.07. The zero-order valence-electron chi connectivity index (χ0n) is 9.27. The molecule has 86 valence electrons. The molecule has 0 amide bonds. The van der Waals surface area contributed by atoms with E-state index in [1.54, 1.807) is 7.11 Å². The molecule has 0 saturated carbocycles. The van der Waals surface area contributed by atoms with E-state index in [9.17, 15) is 4.79 Å². The van der Waals surface area contributed by atoms with Gasteiger partial charge in [-0.3, -0.25) is 4.79 Å². The van der Waals surface area contributed by atoms with Crippen LogP contribution in [0, 0.1) is 5.92 Å². The molecular weight excluding hydrogens is 206 g/mol. The van der Waals surface area contributed by atoms with Gasteiger partial charge in [0.25, 0.3) is 0 Å². The van der Waals surface area contributed by atoms with Gasteiger partial charge in [-0.05, 0) is 30.7 Å². The molecule has 1 aliphatic carbocycles. The maximum Gasteiger partial charge on any atom is 0.303 e. The third-order valence-corrected chi connectivity index (χ3v) is 3.02. The van der Waals surface area contributed by atoms with Crippen molar-refractivity contribution in [3.63, 3.8) is 0 Å². The molecule has 2 rings (SSSR count). The van der Waals surface area contributed by atoms with Crippen molar-refractivity contribution in [2.24, 2.45) is 5.92 Å². The maximum atomic E-state index is 10.7. The van der Waals surface area contributed by atoms with Crippen LogP contribution < -0.4 is 4.74 Å². The molecule has 1 aromatic rings. The van der Waals surface area contributed by atoms with Crippen molar-refractivity contribution >= 4 is 5.97 Å². The highest BCUT2D eigenvalue weighted by Gasteiger charge is 2.22. The lowest BCUT2D eigenvalue weighted by atomic mass is 9.85. The molecule has 1 heterocycles. The summed E-state index contributed by atoms with van der Waals surface area (Å²) in [6.07, 6.45) is 2.84. The average Bonchev–Trinajstić information content (AvgIpc) is 2.27. The van der Waals surface area contributed by atoms with E-state index in [0.717, 1.165) is 25.0 Å². The van der Waals surface area contributed by atoms with Gasteiger partial charge in [-0.25, -0.2) is 4.98 Å². The Labute approximate surface area is 94.3 Å². The fourth-order valence-corrected chi connectivity index (χ4v) is 2.18.